The van der Waals surface area contributed by atoms with E-state index in [9.17, 15) is 15.0 Å². The fraction of sp³-hybridized carbons (Fsp3) is 0.588. The lowest BCUT2D eigenvalue weighted by molar-refractivity contribution is 0.0240. The number of methoxy groups -OCH3 is 1. The van der Waals surface area contributed by atoms with Crippen LogP contribution in [0.3, 0.4) is 0 Å². The van der Waals surface area contributed by atoms with Crippen LogP contribution in [0.2, 0.25) is 0 Å². The number of carbonyl (C=O) groups excluding carboxylic acids is 1. The molecule has 1 aliphatic heterocycles. The lowest BCUT2D eigenvalue weighted by atomic mass is 10.1. The van der Waals surface area contributed by atoms with Crippen molar-refractivity contribution in [2.75, 3.05) is 33.4 Å². The molecule has 1 aromatic carbocycles. The number of ether oxygens (including phenoxy) is 2. The molecule has 2 rings (SSSR count). The number of aliphatic hydroxyl groups excluding tert-OH is 2. The number of hydrogen-bond acceptors (Lipinski definition) is 6. The van der Waals surface area contributed by atoms with Crippen molar-refractivity contribution in [2.24, 2.45) is 0 Å². The van der Waals surface area contributed by atoms with Gasteiger partial charge in [-0.05, 0) is 44.5 Å². The molecule has 1 heterocycles. The van der Waals surface area contributed by atoms with Crippen molar-refractivity contribution in [3.8, 4) is 11.5 Å². The first-order chi connectivity index (χ1) is 11.0. The van der Waals surface area contributed by atoms with Crippen LogP contribution in [0, 0.1) is 0 Å². The maximum atomic E-state index is 11.4. The van der Waals surface area contributed by atoms with Gasteiger partial charge >= 0.3 is 0 Å². The SMILES string of the molecule is COc1cc(C(C)=O)ccc1OC[C@H](O)CN1CCC[C@@H](O)C1. The Bertz CT molecular complexity index is 534. The normalized spacial score (nSPS) is 20.1. The predicted octanol–water partition coefficient (Wildman–Crippen LogP) is 1.09. The summed E-state index contributed by atoms with van der Waals surface area (Å²) in [6.07, 6.45) is 0.797. The van der Waals surface area contributed by atoms with E-state index in [2.05, 4.69) is 0 Å². The molecule has 1 aliphatic rings. The summed E-state index contributed by atoms with van der Waals surface area (Å²) in [7, 11) is 1.51. The first-order valence-corrected chi connectivity index (χ1v) is 7.90. The lowest BCUT2D eigenvalue weighted by Gasteiger charge is -2.31. The van der Waals surface area contributed by atoms with Gasteiger partial charge in [0.25, 0.3) is 0 Å². The number of Topliss-reactive ketones (excluding diaryl/α,β-unsaturated/α-hetero) is 1. The van der Waals surface area contributed by atoms with Crippen LogP contribution in [0.1, 0.15) is 30.1 Å². The van der Waals surface area contributed by atoms with Crippen molar-refractivity contribution in [3.05, 3.63) is 23.8 Å². The molecule has 0 aliphatic carbocycles. The third-order valence-corrected chi connectivity index (χ3v) is 3.95. The summed E-state index contributed by atoms with van der Waals surface area (Å²) >= 11 is 0. The second-order valence-corrected chi connectivity index (χ2v) is 5.94. The van der Waals surface area contributed by atoms with E-state index in [1.165, 1.54) is 14.0 Å². The van der Waals surface area contributed by atoms with Crippen LogP contribution in [0.15, 0.2) is 18.2 Å². The Morgan fingerprint density at radius 3 is 2.87 bits per heavy atom. The molecule has 1 saturated heterocycles. The van der Waals surface area contributed by atoms with Gasteiger partial charge in [0.2, 0.25) is 0 Å². The van der Waals surface area contributed by atoms with Crippen LogP contribution >= 0.6 is 0 Å². The van der Waals surface area contributed by atoms with E-state index in [0.717, 1.165) is 19.4 Å². The maximum Gasteiger partial charge on any atom is 0.161 e. The zero-order valence-corrected chi connectivity index (χ0v) is 13.7. The van der Waals surface area contributed by atoms with Crippen LogP contribution in [-0.4, -0.2) is 66.5 Å². The van der Waals surface area contributed by atoms with E-state index in [0.29, 0.717) is 30.2 Å². The maximum absolute atomic E-state index is 11.4. The average molecular weight is 323 g/mol. The Morgan fingerprint density at radius 2 is 2.22 bits per heavy atom. The van der Waals surface area contributed by atoms with Gasteiger partial charge < -0.3 is 19.7 Å². The highest BCUT2D eigenvalue weighted by Crippen LogP contribution is 2.28. The van der Waals surface area contributed by atoms with Gasteiger partial charge in [0.05, 0.1) is 13.2 Å². The molecule has 0 saturated carbocycles. The van der Waals surface area contributed by atoms with Crippen LogP contribution in [0.4, 0.5) is 0 Å². The minimum absolute atomic E-state index is 0.0430. The molecular formula is C17H25NO5. The second-order valence-electron chi connectivity index (χ2n) is 5.94. The van der Waals surface area contributed by atoms with Gasteiger partial charge in [-0.15, -0.1) is 0 Å². The van der Waals surface area contributed by atoms with E-state index in [4.69, 9.17) is 9.47 Å². The van der Waals surface area contributed by atoms with Crippen LogP contribution in [-0.2, 0) is 0 Å². The van der Waals surface area contributed by atoms with Gasteiger partial charge in [-0.2, -0.15) is 0 Å². The summed E-state index contributed by atoms with van der Waals surface area (Å²) in [5.41, 5.74) is 0.553. The number of nitrogens with zero attached hydrogens (tertiary/aromatic N) is 1. The van der Waals surface area contributed by atoms with E-state index in [-0.39, 0.29) is 18.5 Å². The highest BCUT2D eigenvalue weighted by Gasteiger charge is 2.20. The molecule has 128 valence electrons. The molecule has 2 atom stereocenters. The molecule has 0 aromatic heterocycles. The predicted molar refractivity (Wildman–Crippen MR) is 86.2 cm³/mol. The van der Waals surface area contributed by atoms with E-state index in [1.54, 1.807) is 18.2 Å². The summed E-state index contributed by atoms with van der Waals surface area (Å²) in [6, 6.07) is 4.98. The highest BCUT2D eigenvalue weighted by atomic mass is 16.5. The van der Waals surface area contributed by atoms with E-state index in [1.807, 2.05) is 4.90 Å². The van der Waals surface area contributed by atoms with Gasteiger partial charge in [0.15, 0.2) is 17.3 Å². The van der Waals surface area contributed by atoms with Crippen molar-refractivity contribution < 1.29 is 24.5 Å². The number of carbonyl (C=O) groups is 1. The van der Waals surface area contributed by atoms with Crippen molar-refractivity contribution in [1.82, 2.24) is 4.90 Å². The number of likely N-dealkylation sites (tertiary alicyclic amines) is 1. The first kappa shape index (κ1) is 17.7. The minimum Gasteiger partial charge on any atom is -0.493 e. The number of aliphatic hydroxyl groups is 2. The van der Waals surface area contributed by atoms with Gasteiger partial charge in [0.1, 0.15) is 12.7 Å². The molecule has 0 amide bonds. The monoisotopic (exact) mass is 323 g/mol. The van der Waals surface area contributed by atoms with Crippen LogP contribution in [0.5, 0.6) is 11.5 Å². The molecule has 0 bridgehead atoms. The van der Waals surface area contributed by atoms with Crippen molar-refractivity contribution in [2.45, 2.75) is 32.0 Å². The average Bonchev–Trinajstić information content (AvgIpc) is 2.52. The number of piperidine rings is 1. The van der Waals surface area contributed by atoms with Gasteiger partial charge in [-0.25, -0.2) is 0 Å². The summed E-state index contributed by atoms with van der Waals surface area (Å²) in [5.74, 6) is 0.923. The quantitative estimate of drug-likeness (QED) is 0.732. The molecule has 0 unspecified atom stereocenters. The third-order valence-electron chi connectivity index (χ3n) is 3.95. The van der Waals surface area contributed by atoms with Gasteiger partial charge in [-0.3, -0.25) is 9.69 Å². The number of ketones is 1. The zero-order valence-electron chi connectivity index (χ0n) is 13.7. The molecule has 1 aromatic rings. The standard InChI is InChI=1S/C17H25NO5/c1-12(19)13-5-6-16(17(8-13)22-2)23-11-15(21)10-18-7-3-4-14(20)9-18/h5-6,8,14-15,20-21H,3-4,7,9-11H2,1-2H3/t14-,15-/m1/s1. The smallest absolute Gasteiger partial charge is 0.161 e. The molecule has 1 fully saturated rings. The van der Waals surface area contributed by atoms with Crippen molar-refractivity contribution >= 4 is 5.78 Å². The number of rotatable bonds is 7. The highest BCUT2D eigenvalue weighted by molar-refractivity contribution is 5.94. The first-order valence-electron chi connectivity index (χ1n) is 7.90. The summed E-state index contributed by atoms with van der Waals surface area (Å²) in [5, 5.41) is 19.8. The van der Waals surface area contributed by atoms with Crippen molar-refractivity contribution in [1.29, 1.82) is 0 Å². The second kappa shape index (κ2) is 8.29. The lowest BCUT2D eigenvalue weighted by Crippen LogP contribution is -2.43. The van der Waals surface area contributed by atoms with Crippen LogP contribution < -0.4 is 9.47 Å². The van der Waals surface area contributed by atoms with Gasteiger partial charge in [0, 0.05) is 18.7 Å². The summed E-state index contributed by atoms with van der Waals surface area (Å²) < 4.78 is 10.8. The fourth-order valence-corrected chi connectivity index (χ4v) is 2.74. The van der Waals surface area contributed by atoms with Crippen molar-refractivity contribution in [3.63, 3.8) is 0 Å². The molecule has 23 heavy (non-hydrogen) atoms. The largest absolute Gasteiger partial charge is 0.493 e. The van der Waals surface area contributed by atoms with Crippen LogP contribution in [0.25, 0.3) is 0 Å². The Kier molecular flexibility index (Phi) is 6.38. The van der Waals surface area contributed by atoms with Gasteiger partial charge in [-0.1, -0.05) is 0 Å². The van der Waals surface area contributed by atoms with E-state index >= 15 is 0 Å². The Morgan fingerprint density at radius 1 is 1.43 bits per heavy atom. The Balaban J connectivity index is 1.88. The third kappa shape index (κ3) is 5.20. The summed E-state index contributed by atoms with van der Waals surface area (Å²) in [4.78, 5) is 13.4. The Labute approximate surface area is 136 Å². The molecule has 6 nitrogen and oxygen atoms in total. The number of β-amino-alcohol motifs (C(OH)–C–C–N with tert-alkyl or cyclic N) is 2. The summed E-state index contributed by atoms with van der Waals surface area (Å²) in [6.45, 7) is 3.55. The minimum atomic E-state index is -0.655. The fourth-order valence-electron chi connectivity index (χ4n) is 2.74. The van der Waals surface area contributed by atoms with E-state index < -0.39 is 6.10 Å². The number of hydrogen-bond donors (Lipinski definition) is 2. The molecule has 6 heteroatoms. The molecule has 0 radical (unpaired) electrons. The molecule has 0 spiro atoms. The Hall–Kier alpha value is -1.63. The zero-order chi connectivity index (χ0) is 16.8. The molecule has 2 N–H and O–H groups in total. The number of benzene rings is 1. The molecular weight excluding hydrogens is 298 g/mol. The topological polar surface area (TPSA) is 79.2 Å².